The van der Waals surface area contributed by atoms with Gasteiger partial charge in [-0.3, -0.25) is 4.79 Å². The lowest BCUT2D eigenvalue weighted by Crippen LogP contribution is -2.18. The average Bonchev–Trinajstić information content (AvgIpc) is 2.31. The van der Waals surface area contributed by atoms with Crippen molar-refractivity contribution in [2.45, 2.75) is 6.23 Å². The number of anilines is 1. The van der Waals surface area contributed by atoms with Gasteiger partial charge in [-0.1, -0.05) is 0 Å². The van der Waals surface area contributed by atoms with Gasteiger partial charge in [0.1, 0.15) is 0 Å². The molecule has 68 valence electrons. The first-order valence-corrected chi connectivity index (χ1v) is 4.75. The number of fused-ring (bicyclic) bond motifs is 1. The molecule has 1 amide bonds. The highest BCUT2D eigenvalue weighted by Gasteiger charge is 2.27. The molecule has 0 bridgehead atoms. The summed E-state index contributed by atoms with van der Waals surface area (Å²) in [6, 6.07) is 3.30. The van der Waals surface area contributed by atoms with Crippen LogP contribution in [0.4, 0.5) is 5.69 Å². The molecule has 1 aliphatic heterocycles. The van der Waals surface area contributed by atoms with E-state index in [2.05, 4.69) is 5.32 Å². The van der Waals surface area contributed by atoms with Crippen LogP contribution in [-0.2, 0) is 0 Å². The number of nitrogens with one attached hydrogen (secondary N) is 1. The van der Waals surface area contributed by atoms with Crippen molar-refractivity contribution in [3.63, 3.8) is 0 Å². The molecule has 5 heteroatoms. The third-order valence-electron chi connectivity index (χ3n) is 1.98. The van der Waals surface area contributed by atoms with E-state index in [4.69, 9.17) is 5.73 Å². The van der Waals surface area contributed by atoms with Crippen molar-refractivity contribution in [3.05, 3.63) is 26.8 Å². The number of carbonyl (C=O) groups excluding carboxylic acids is 1. The van der Waals surface area contributed by atoms with E-state index < -0.39 is 6.23 Å². The zero-order chi connectivity index (χ0) is 9.59. The fourth-order valence-corrected chi connectivity index (χ4v) is 1.78. The summed E-state index contributed by atoms with van der Waals surface area (Å²) in [7, 11) is 0. The van der Waals surface area contributed by atoms with Crippen molar-refractivity contribution in [2.24, 2.45) is 0 Å². The quantitative estimate of drug-likeness (QED) is 0.484. The number of amides is 1. The first-order chi connectivity index (χ1) is 6.09. The molecule has 2 rings (SSSR count). The van der Waals surface area contributed by atoms with Crippen LogP contribution in [0.5, 0.6) is 0 Å². The topological polar surface area (TPSA) is 75.4 Å². The summed E-state index contributed by atoms with van der Waals surface area (Å²) in [5.41, 5.74) is 7.29. The molecular weight excluding hydrogens is 283 g/mol. The third kappa shape index (κ3) is 1.28. The molecule has 0 radical (unpaired) electrons. The molecule has 1 aliphatic rings. The molecule has 0 spiro atoms. The molecule has 4 N–H and O–H groups in total. The van der Waals surface area contributed by atoms with Crippen LogP contribution < -0.4 is 11.1 Å². The summed E-state index contributed by atoms with van der Waals surface area (Å²) >= 11 is 2.05. The lowest BCUT2D eigenvalue weighted by Gasteiger charge is -2.04. The van der Waals surface area contributed by atoms with Gasteiger partial charge in [0, 0.05) is 20.4 Å². The van der Waals surface area contributed by atoms with Gasteiger partial charge in [0.2, 0.25) is 0 Å². The highest BCUT2D eigenvalue weighted by Crippen LogP contribution is 2.28. The van der Waals surface area contributed by atoms with Crippen LogP contribution in [-0.4, -0.2) is 11.0 Å². The molecule has 0 aromatic heterocycles. The number of hydrogen-bond donors (Lipinski definition) is 3. The number of halogens is 1. The van der Waals surface area contributed by atoms with Gasteiger partial charge in [0.05, 0.1) is 0 Å². The molecular formula is C8H7IN2O2. The largest absolute Gasteiger partial charge is 0.398 e. The minimum Gasteiger partial charge on any atom is -0.398 e. The monoisotopic (exact) mass is 290 g/mol. The molecule has 4 nitrogen and oxygen atoms in total. The molecule has 0 saturated carbocycles. The minimum atomic E-state index is -0.915. The lowest BCUT2D eigenvalue weighted by molar-refractivity contribution is 0.0850. The SMILES string of the molecule is Nc1cc2c(cc1I)C(=O)NC2O. The normalized spacial score (nSPS) is 19.8. The van der Waals surface area contributed by atoms with Gasteiger partial charge in [-0.2, -0.15) is 0 Å². The molecule has 0 fully saturated rings. The van der Waals surface area contributed by atoms with Crippen molar-refractivity contribution in [2.75, 3.05) is 5.73 Å². The van der Waals surface area contributed by atoms with Gasteiger partial charge in [-0.25, -0.2) is 0 Å². The minimum absolute atomic E-state index is 0.250. The number of nitrogens with two attached hydrogens (primary N) is 1. The van der Waals surface area contributed by atoms with Gasteiger partial charge in [0.25, 0.3) is 5.91 Å². The van der Waals surface area contributed by atoms with Gasteiger partial charge in [-0.15, -0.1) is 0 Å². The molecule has 1 aromatic rings. The van der Waals surface area contributed by atoms with Crippen molar-refractivity contribution in [3.8, 4) is 0 Å². The predicted molar refractivity (Wildman–Crippen MR) is 56.0 cm³/mol. The van der Waals surface area contributed by atoms with Crippen LogP contribution in [0.15, 0.2) is 12.1 Å². The van der Waals surface area contributed by atoms with E-state index in [9.17, 15) is 9.90 Å². The average molecular weight is 290 g/mol. The van der Waals surface area contributed by atoms with Crippen LogP contribution in [0.2, 0.25) is 0 Å². The number of nitrogen functional groups attached to an aromatic ring is 1. The first-order valence-electron chi connectivity index (χ1n) is 3.67. The number of hydrogen-bond acceptors (Lipinski definition) is 3. The number of benzene rings is 1. The van der Waals surface area contributed by atoms with Crippen molar-refractivity contribution in [1.82, 2.24) is 5.32 Å². The lowest BCUT2D eigenvalue weighted by atomic mass is 10.1. The third-order valence-corrected chi connectivity index (χ3v) is 2.91. The van der Waals surface area contributed by atoms with Gasteiger partial charge >= 0.3 is 0 Å². The molecule has 0 aliphatic carbocycles. The second-order valence-electron chi connectivity index (χ2n) is 2.84. The number of aliphatic hydroxyl groups excluding tert-OH is 1. The summed E-state index contributed by atoms with van der Waals surface area (Å²) in [5, 5.41) is 11.8. The van der Waals surface area contributed by atoms with Crippen LogP contribution in [0.25, 0.3) is 0 Å². The van der Waals surface area contributed by atoms with Crippen LogP contribution in [0.1, 0.15) is 22.1 Å². The van der Waals surface area contributed by atoms with Crippen molar-refractivity contribution < 1.29 is 9.90 Å². The number of carbonyl (C=O) groups is 1. The van der Waals surface area contributed by atoms with Crippen LogP contribution >= 0.6 is 22.6 Å². The number of rotatable bonds is 0. The Kier molecular flexibility index (Phi) is 1.92. The summed E-state index contributed by atoms with van der Waals surface area (Å²) in [6.07, 6.45) is -0.915. The number of aliphatic hydroxyl groups is 1. The predicted octanol–water partition coefficient (Wildman–Crippen LogP) is 0.608. The van der Waals surface area contributed by atoms with E-state index in [1.807, 2.05) is 22.6 Å². The van der Waals surface area contributed by atoms with Gasteiger partial charge < -0.3 is 16.2 Å². The maximum atomic E-state index is 11.2. The molecule has 1 unspecified atom stereocenters. The van der Waals surface area contributed by atoms with Gasteiger partial charge in [0.15, 0.2) is 6.23 Å². The smallest absolute Gasteiger partial charge is 0.254 e. The maximum Gasteiger partial charge on any atom is 0.254 e. The second kappa shape index (κ2) is 2.85. The van der Waals surface area contributed by atoms with E-state index in [-0.39, 0.29) is 5.91 Å². The fraction of sp³-hybridized carbons (Fsp3) is 0.125. The van der Waals surface area contributed by atoms with Crippen molar-refractivity contribution in [1.29, 1.82) is 0 Å². The summed E-state index contributed by atoms with van der Waals surface area (Å²) in [4.78, 5) is 11.2. The van der Waals surface area contributed by atoms with E-state index in [1.165, 1.54) is 0 Å². The second-order valence-corrected chi connectivity index (χ2v) is 4.00. The molecule has 0 saturated heterocycles. The highest BCUT2D eigenvalue weighted by molar-refractivity contribution is 14.1. The molecule has 13 heavy (non-hydrogen) atoms. The van der Waals surface area contributed by atoms with Crippen molar-refractivity contribution >= 4 is 34.2 Å². The highest BCUT2D eigenvalue weighted by atomic mass is 127. The zero-order valence-corrected chi connectivity index (χ0v) is 8.70. The Bertz CT molecular complexity index is 392. The Labute approximate surface area is 88.3 Å². The Morgan fingerprint density at radius 3 is 2.92 bits per heavy atom. The summed E-state index contributed by atoms with van der Waals surface area (Å²) in [6.45, 7) is 0. The zero-order valence-electron chi connectivity index (χ0n) is 6.54. The van der Waals surface area contributed by atoms with Gasteiger partial charge in [-0.05, 0) is 34.7 Å². The van der Waals surface area contributed by atoms with E-state index in [1.54, 1.807) is 12.1 Å². The van der Waals surface area contributed by atoms with E-state index >= 15 is 0 Å². The Morgan fingerprint density at radius 1 is 1.54 bits per heavy atom. The summed E-state index contributed by atoms with van der Waals surface area (Å²) < 4.78 is 0.820. The molecule has 1 heterocycles. The Balaban J connectivity index is 2.65. The maximum absolute atomic E-state index is 11.2. The summed E-state index contributed by atoms with van der Waals surface area (Å²) in [5.74, 6) is -0.250. The molecule has 1 atom stereocenters. The standard InChI is InChI=1S/C8H7IN2O2/c9-5-1-3-4(2-6(5)10)8(13)11-7(3)12/h1-2,8,13H,10H2,(H,11,12). The van der Waals surface area contributed by atoms with Crippen LogP contribution in [0, 0.1) is 3.57 Å². The van der Waals surface area contributed by atoms with Crippen LogP contribution in [0.3, 0.4) is 0 Å². The van der Waals surface area contributed by atoms with E-state index in [0.29, 0.717) is 16.8 Å². The Hall–Kier alpha value is -0.820. The fourth-order valence-electron chi connectivity index (χ4n) is 1.31. The molecule has 1 aromatic carbocycles. The first kappa shape index (κ1) is 8.76. The Morgan fingerprint density at radius 2 is 2.23 bits per heavy atom. The van der Waals surface area contributed by atoms with E-state index in [0.717, 1.165) is 3.57 Å².